The average molecular weight is 416 g/mol. The zero-order chi connectivity index (χ0) is 20.8. The maximum Gasteiger partial charge on any atom is 0.269 e. The maximum absolute atomic E-state index is 14.5. The van der Waals surface area contributed by atoms with Crippen LogP contribution in [0, 0.1) is 12.7 Å². The molecule has 1 aliphatic heterocycles. The lowest BCUT2D eigenvalue weighted by molar-refractivity contribution is -0.131. The van der Waals surface area contributed by atoms with Gasteiger partial charge in [-0.1, -0.05) is 49.2 Å². The highest BCUT2D eigenvalue weighted by atomic mass is 32.2. The molecule has 2 aromatic rings. The first-order chi connectivity index (χ1) is 14.0. The second-order valence-electron chi connectivity index (χ2n) is 7.13. The van der Waals surface area contributed by atoms with Crippen LogP contribution in [0.1, 0.15) is 42.1 Å². The molecule has 0 radical (unpaired) electrons. The standard InChI is InChI=1S/C22H26FN3O2S/c1-3-20(27)26-11-9-18(10-12-26)29-25-24-22(28)19-14-17(13-15(2)21(19)23)16-7-5-4-6-8-16/h4-8,13-14,18,25H,3,9-12H2,1-2H3,(H,24,28). The van der Waals surface area contributed by atoms with Crippen LogP contribution in [-0.4, -0.2) is 35.1 Å². The number of likely N-dealkylation sites (tertiary alicyclic amines) is 1. The molecular weight excluding hydrogens is 389 g/mol. The summed E-state index contributed by atoms with van der Waals surface area (Å²) in [6.45, 7) is 4.99. The fourth-order valence-electron chi connectivity index (χ4n) is 3.41. The molecule has 2 N–H and O–H groups in total. The van der Waals surface area contributed by atoms with Gasteiger partial charge in [-0.25, -0.2) is 4.39 Å². The molecule has 2 amide bonds. The summed E-state index contributed by atoms with van der Waals surface area (Å²) in [6, 6.07) is 12.9. The number of halogens is 1. The molecule has 0 aliphatic carbocycles. The Bertz CT molecular complexity index is 868. The Labute approximate surface area is 175 Å². The lowest BCUT2D eigenvalue weighted by Gasteiger charge is -2.31. The van der Waals surface area contributed by atoms with E-state index in [-0.39, 0.29) is 11.5 Å². The summed E-state index contributed by atoms with van der Waals surface area (Å²) in [5, 5.41) is 0.290. The van der Waals surface area contributed by atoms with Crippen molar-refractivity contribution in [1.29, 1.82) is 0 Å². The van der Waals surface area contributed by atoms with Crippen LogP contribution in [0.25, 0.3) is 11.1 Å². The number of rotatable bonds is 6. The number of hydrogen-bond acceptors (Lipinski definition) is 4. The lowest BCUT2D eigenvalue weighted by atomic mass is 9.99. The maximum atomic E-state index is 14.5. The Kier molecular flexibility index (Phi) is 7.28. The number of aryl methyl sites for hydroxylation is 1. The normalized spacial score (nSPS) is 14.7. The molecule has 1 heterocycles. The Morgan fingerprint density at radius 1 is 1.14 bits per heavy atom. The Hall–Kier alpha value is -2.38. The zero-order valence-corrected chi connectivity index (χ0v) is 17.5. The Morgan fingerprint density at radius 3 is 2.48 bits per heavy atom. The van der Waals surface area contributed by atoms with Gasteiger partial charge in [0.25, 0.3) is 5.91 Å². The first kappa shape index (κ1) is 21.3. The Morgan fingerprint density at radius 2 is 1.83 bits per heavy atom. The topological polar surface area (TPSA) is 61.4 Å². The number of piperidine rings is 1. The average Bonchev–Trinajstić information content (AvgIpc) is 2.76. The molecule has 2 aromatic carbocycles. The largest absolute Gasteiger partial charge is 0.343 e. The second-order valence-corrected chi connectivity index (χ2v) is 8.23. The Balaban J connectivity index is 1.57. The predicted octanol–water partition coefficient (Wildman–Crippen LogP) is 4.08. The van der Waals surface area contributed by atoms with Crippen molar-refractivity contribution < 1.29 is 14.0 Å². The number of hydrogen-bond donors (Lipinski definition) is 2. The van der Waals surface area contributed by atoms with E-state index in [0.29, 0.717) is 17.2 Å². The molecule has 0 aromatic heterocycles. The van der Waals surface area contributed by atoms with Gasteiger partial charge in [-0.3, -0.25) is 15.0 Å². The van der Waals surface area contributed by atoms with Gasteiger partial charge in [-0.05, 0) is 48.6 Å². The van der Waals surface area contributed by atoms with Crippen molar-refractivity contribution in [2.24, 2.45) is 0 Å². The molecule has 0 spiro atoms. The molecule has 1 fully saturated rings. The number of amides is 2. The van der Waals surface area contributed by atoms with Crippen LogP contribution in [0.3, 0.4) is 0 Å². The number of carbonyl (C=O) groups is 2. The van der Waals surface area contributed by atoms with Crippen molar-refractivity contribution in [3.8, 4) is 11.1 Å². The third-order valence-corrected chi connectivity index (χ3v) is 6.12. The van der Waals surface area contributed by atoms with E-state index >= 15 is 0 Å². The van der Waals surface area contributed by atoms with Gasteiger partial charge in [0.2, 0.25) is 5.91 Å². The smallest absolute Gasteiger partial charge is 0.269 e. The summed E-state index contributed by atoms with van der Waals surface area (Å²) < 4.78 is 14.5. The zero-order valence-electron chi connectivity index (χ0n) is 16.7. The van der Waals surface area contributed by atoms with Gasteiger partial charge in [0.05, 0.1) is 5.56 Å². The van der Waals surface area contributed by atoms with Crippen LogP contribution in [0.2, 0.25) is 0 Å². The minimum atomic E-state index is -0.514. The van der Waals surface area contributed by atoms with E-state index in [4.69, 9.17) is 0 Å². The van der Waals surface area contributed by atoms with E-state index in [9.17, 15) is 14.0 Å². The predicted molar refractivity (Wildman–Crippen MR) is 115 cm³/mol. The first-order valence-corrected chi connectivity index (χ1v) is 10.7. The van der Waals surface area contributed by atoms with Crippen LogP contribution in [0.4, 0.5) is 4.39 Å². The van der Waals surface area contributed by atoms with Gasteiger partial charge in [-0.2, -0.15) is 4.83 Å². The van der Waals surface area contributed by atoms with Crippen LogP contribution in [-0.2, 0) is 4.79 Å². The molecule has 0 unspecified atom stereocenters. The minimum absolute atomic E-state index is 0.0142. The summed E-state index contributed by atoms with van der Waals surface area (Å²) in [5.41, 5.74) is 4.77. The molecule has 29 heavy (non-hydrogen) atoms. The number of benzene rings is 2. The third kappa shape index (κ3) is 5.36. The minimum Gasteiger partial charge on any atom is -0.343 e. The van der Waals surface area contributed by atoms with E-state index in [2.05, 4.69) is 10.3 Å². The molecule has 0 bridgehead atoms. The number of hydrazine groups is 1. The summed E-state index contributed by atoms with van der Waals surface area (Å²) in [5.74, 6) is -0.839. The van der Waals surface area contributed by atoms with E-state index in [1.165, 1.54) is 11.9 Å². The molecular formula is C22H26FN3O2S. The highest BCUT2D eigenvalue weighted by molar-refractivity contribution is 7.98. The van der Waals surface area contributed by atoms with Gasteiger partial charge in [0, 0.05) is 24.8 Å². The van der Waals surface area contributed by atoms with Gasteiger partial charge >= 0.3 is 0 Å². The molecule has 7 heteroatoms. The van der Waals surface area contributed by atoms with E-state index in [1.54, 1.807) is 19.1 Å². The fraction of sp³-hybridized carbons (Fsp3) is 0.364. The van der Waals surface area contributed by atoms with Crippen LogP contribution < -0.4 is 10.3 Å². The SMILES string of the molecule is CCC(=O)N1CCC(SNNC(=O)c2cc(-c3ccccc3)cc(C)c2F)CC1. The number of nitrogens with one attached hydrogen (secondary N) is 2. The van der Waals surface area contributed by atoms with Crippen molar-refractivity contribution in [2.75, 3.05) is 13.1 Å². The molecule has 1 aliphatic rings. The fourth-order valence-corrected chi connectivity index (χ4v) is 4.17. The highest BCUT2D eigenvalue weighted by Crippen LogP contribution is 2.25. The van der Waals surface area contributed by atoms with E-state index in [0.717, 1.165) is 37.1 Å². The van der Waals surface area contributed by atoms with Crippen molar-refractivity contribution in [3.05, 3.63) is 59.4 Å². The van der Waals surface area contributed by atoms with E-state index < -0.39 is 11.7 Å². The summed E-state index contributed by atoms with van der Waals surface area (Å²) >= 11 is 1.41. The van der Waals surface area contributed by atoms with Crippen LogP contribution in [0.5, 0.6) is 0 Å². The molecule has 0 atom stereocenters. The van der Waals surface area contributed by atoms with E-state index in [1.807, 2.05) is 42.2 Å². The molecule has 5 nitrogen and oxygen atoms in total. The van der Waals surface area contributed by atoms with Gasteiger partial charge in [-0.15, -0.1) is 0 Å². The second kappa shape index (κ2) is 9.89. The monoisotopic (exact) mass is 415 g/mol. The van der Waals surface area contributed by atoms with Crippen molar-refractivity contribution in [3.63, 3.8) is 0 Å². The molecule has 0 saturated carbocycles. The molecule has 1 saturated heterocycles. The quantitative estimate of drug-likeness (QED) is 0.551. The molecule has 3 rings (SSSR count). The van der Waals surface area contributed by atoms with Crippen molar-refractivity contribution in [2.45, 2.75) is 38.4 Å². The third-order valence-electron chi connectivity index (χ3n) is 5.09. The first-order valence-electron chi connectivity index (χ1n) is 9.84. The van der Waals surface area contributed by atoms with Gasteiger partial charge in [0.15, 0.2) is 0 Å². The number of nitrogens with zero attached hydrogens (tertiary/aromatic N) is 1. The van der Waals surface area contributed by atoms with Crippen LogP contribution >= 0.6 is 11.9 Å². The van der Waals surface area contributed by atoms with Crippen molar-refractivity contribution >= 4 is 23.8 Å². The molecule has 154 valence electrons. The van der Waals surface area contributed by atoms with Crippen molar-refractivity contribution in [1.82, 2.24) is 15.2 Å². The van der Waals surface area contributed by atoms with Gasteiger partial charge < -0.3 is 4.90 Å². The van der Waals surface area contributed by atoms with Gasteiger partial charge in [0.1, 0.15) is 5.82 Å². The summed E-state index contributed by atoms with van der Waals surface area (Å²) in [4.78, 5) is 29.0. The number of carbonyl (C=O) groups excluding carboxylic acids is 2. The summed E-state index contributed by atoms with van der Waals surface area (Å²) in [6.07, 6.45) is 2.24. The highest BCUT2D eigenvalue weighted by Gasteiger charge is 2.22. The lowest BCUT2D eigenvalue weighted by Crippen LogP contribution is -2.41. The summed E-state index contributed by atoms with van der Waals surface area (Å²) in [7, 11) is 0. The van der Waals surface area contributed by atoms with Crippen LogP contribution in [0.15, 0.2) is 42.5 Å².